The minimum Gasteiger partial charge on any atom is -0.391 e. The third-order valence-corrected chi connectivity index (χ3v) is 5.19. The van der Waals surface area contributed by atoms with E-state index in [-0.39, 0.29) is 0 Å². The Balaban J connectivity index is 3.60. The Labute approximate surface area is 109 Å². The summed E-state index contributed by atoms with van der Waals surface area (Å²) in [6, 6.07) is 0. The standard InChI is InChI=1S/C14H30O2Si/c1-5-8-10-11-12-14-16-17(4,7-3)15-13-9-6-2/h7H,3,5-6,8-14H2,1-2,4H3. The normalized spacial score (nSPS) is 14.5. The maximum Gasteiger partial charge on any atom is 0.361 e. The van der Waals surface area contributed by atoms with Crippen LogP contribution in [0, 0.1) is 0 Å². The monoisotopic (exact) mass is 258 g/mol. The molecule has 1 unspecified atom stereocenters. The maximum absolute atomic E-state index is 5.90. The van der Waals surface area contributed by atoms with Gasteiger partial charge in [-0.1, -0.05) is 46.0 Å². The Bertz CT molecular complexity index is 185. The molecular formula is C14H30O2Si. The number of rotatable bonds is 12. The van der Waals surface area contributed by atoms with Gasteiger partial charge in [0.2, 0.25) is 0 Å². The summed E-state index contributed by atoms with van der Waals surface area (Å²) < 4.78 is 11.7. The number of hydrogen-bond donors (Lipinski definition) is 0. The second kappa shape index (κ2) is 11.0. The molecule has 0 bridgehead atoms. The van der Waals surface area contributed by atoms with Crippen LogP contribution in [0.25, 0.3) is 0 Å². The first kappa shape index (κ1) is 16.9. The lowest BCUT2D eigenvalue weighted by molar-refractivity contribution is 0.178. The van der Waals surface area contributed by atoms with E-state index in [4.69, 9.17) is 8.85 Å². The largest absolute Gasteiger partial charge is 0.391 e. The average Bonchev–Trinajstić information content (AvgIpc) is 2.34. The molecule has 0 aromatic carbocycles. The highest BCUT2D eigenvalue weighted by Crippen LogP contribution is 2.11. The molecular weight excluding hydrogens is 228 g/mol. The molecule has 0 saturated heterocycles. The molecule has 0 saturated carbocycles. The van der Waals surface area contributed by atoms with E-state index >= 15 is 0 Å². The van der Waals surface area contributed by atoms with Crippen LogP contribution in [0.2, 0.25) is 6.55 Å². The molecule has 0 aromatic rings. The van der Waals surface area contributed by atoms with Crippen molar-refractivity contribution < 1.29 is 8.85 Å². The van der Waals surface area contributed by atoms with Crippen LogP contribution in [0.5, 0.6) is 0 Å². The van der Waals surface area contributed by atoms with Gasteiger partial charge in [-0.2, -0.15) is 0 Å². The van der Waals surface area contributed by atoms with Crippen molar-refractivity contribution in [3.8, 4) is 0 Å². The molecule has 0 radical (unpaired) electrons. The summed E-state index contributed by atoms with van der Waals surface area (Å²) in [6.45, 7) is 12.0. The van der Waals surface area contributed by atoms with Crippen molar-refractivity contribution in [3.05, 3.63) is 12.3 Å². The van der Waals surface area contributed by atoms with Crippen LogP contribution in [-0.4, -0.2) is 21.8 Å². The molecule has 3 heteroatoms. The molecule has 1 atom stereocenters. The molecule has 0 fully saturated rings. The van der Waals surface area contributed by atoms with Crippen LogP contribution in [-0.2, 0) is 8.85 Å². The average molecular weight is 258 g/mol. The Kier molecular flexibility index (Phi) is 10.9. The van der Waals surface area contributed by atoms with E-state index in [0.717, 1.165) is 26.1 Å². The van der Waals surface area contributed by atoms with E-state index in [1.54, 1.807) is 0 Å². The van der Waals surface area contributed by atoms with E-state index in [1.165, 1.54) is 32.1 Å². The SMILES string of the molecule is C=C[Si](C)(OCCCC)OCCCCCCC. The summed E-state index contributed by atoms with van der Waals surface area (Å²) in [4.78, 5) is 0. The quantitative estimate of drug-likeness (QED) is 0.376. The summed E-state index contributed by atoms with van der Waals surface area (Å²) in [5, 5.41) is 0. The zero-order chi connectivity index (χ0) is 13.0. The lowest BCUT2D eigenvalue weighted by Gasteiger charge is -2.23. The summed E-state index contributed by atoms with van der Waals surface area (Å²) in [6.07, 6.45) is 8.64. The molecule has 2 nitrogen and oxygen atoms in total. The Hall–Kier alpha value is -0.123. The van der Waals surface area contributed by atoms with Gasteiger partial charge in [-0.05, 0) is 25.1 Å². The first-order valence-electron chi connectivity index (χ1n) is 7.10. The third kappa shape index (κ3) is 9.57. The molecule has 0 N–H and O–H groups in total. The molecule has 17 heavy (non-hydrogen) atoms. The Morgan fingerprint density at radius 3 is 1.94 bits per heavy atom. The predicted octanol–water partition coefficient (Wildman–Crippen LogP) is 4.59. The van der Waals surface area contributed by atoms with Crippen LogP contribution >= 0.6 is 0 Å². The second-order valence-corrected chi connectivity index (χ2v) is 7.70. The van der Waals surface area contributed by atoms with Gasteiger partial charge < -0.3 is 8.85 Å². The lowest BCUT2D eigenvalue weighted by atomic mass is 10.2. The molecule has 0 amide bonds. The molecule has 102 valence electrons. The van der Waals surface area contributed by atoms with Gasteiger partial charge in [0.25, 0.3) is 0 Å². The highest BCUT2D eigenvalue weighted by atomic mass is 28.4. The van der Waals surface area contributed by atoms with Gasteiger partial charge in [0.05, 0.1) is 0 Å². The van der Waals surface area contributed by atoms with Gasteiger partial charge in [-0.25, -0.2) is 0 Å². The smallest absolute Gasteiger partial charge is 0.361 e. The molecule has 0 heterocycles. The highest BCUT2D eigenvalue weighted by Gasteiger charge is 2.26. The van der Waals surface area contributed by atoms with Crippen molar-refractivity contribution in [1.82, 2.24) is 0 Å². The fraction of sp³-hybridized carbons (Fsp3) is 0.857. The highest BCUT2D eigenvalue weighted by molar-refractivity contribution is 6.71. The van der Waals surface area contributed by atoms with Crippen LogP contribution < -0.4 is 0 Å². The lowest BCUT2D eigenvalue weighted by Crippen LogP contribution is -2.37. The second-order valence-electron chi connectivity index (χ2n) is 4.68. The minimum atomic E-state index is -2.07. The topological polar surface area (TPSA) is 18.5 Å². The molecule has 0 aromatic heterocycles. The van der Waals surface area contributed by atoms with E-state index in [9.17, 15) is 0 Å². The van der Waals surface area contributed by atoms with E-state index in [0.29, 0.717) is 0 Å². The van der Waals surface area contributed by atoms with Gasteiger partial charge in [-0.15, -0.1) is 6.58 Å². The van der Waals surface area contributed by atoms with Gasteiger partial charge in [0.1, 0.15) is 0 Å². The van der Waals surface area contributed by atoms with Crippen LogP contribution in [0.4, 0.5) is 0 Å². The molecule has 0 spiro atoms. The van der Waals surface area contributed by atoms with Crippen molar-refractivity contribution in [2.45, 2.75) is 65.3 Å². The Morgan fingerprint density at radius 2 is 1.41 bits per heavy atom. The Morgan fingerprint density at radius 1 is 0.882 bits per heavy atom. The van der Waals surface area contributed by atoms with Crippen molar-refractivity contribution in [3.63, 3.8) is 0 Å². The maximum atomic E-state index is 5.90. The van der Waals surface area contributed by atoms with Crippen molar-refractivity contribution >= 4 is 8.56 Å². The molecule has 0 rings (SSSR count). The van der Waals surface area contributed by atoms with Crippen LogP contribution in [0.15, 0.2) is 12.3 Å². The van der Waals surface area contributed by atoms with E-state index in [1.807, 2.05) is 5.70 Å². The summed E-state index contributed by atoms with van der Waals surface area (Å²) in [5.74, 6) is 0. The zero-order valence-corrected chi connectivity index (χ0v) is 13.0. The first-order chi connectivity index (χ1) is 8.18. The number of hydrogen-bond acceptors (Lipinski definition) is 2. The van der Waals surface area contributed by atoms with Gasteiger partial charge in [0, 0.05) is 13.2 Å². The predicted molar refractivity (Wildman–Crippen MR) is 77.4 cm³/mol. The zero-order valence-electron chi connectivity index (χ0n) is 12.0. The third-order valence-electron chi connectivity index (χ3n) is 2.89. The van der Waals surface area contributed by atoms with E-state index in [2.05, 4.69) is 27.0 Å². The molecule has 0 aliphatic rings. The van der Waals surface area contributed by atoms with E-state index < -0.39 is 8.56 Å². The van der Waals surface area contributed by atoms with Crippen molar-refractivity contribution in [2.75, 3.05) is 13.2 Å². The summed E-state index contributed by atoms with van der Waals surface area (Å²) in [7, 11) is -2.07. The molecule has 0 aliphatic carbocycles. The summed E-state index contributed by atoms with van der Waals surface area (Å²) >= 11 is 0. The van der Waals surface area contributed by atoms with Gasteiger partial charge in [0.15, 0.2) is 0 Å². The minimum absolute atomic E-state index is 0.807. The fourth-order valence-electron chi connectivity index (χ4n) is 1.56. The van der Waals surface area contributed by atoms with Crippen molar-refractivity contribution in [1.29, 1.82) is 0 Å². The van der Waals surface area contributed by atoms with Gasteiger partial charge >= 0.3 is 8.56 Å². The van der Waals surface area contributed by atoms with Gasteiger partial charge in [-0.3, -0.25) is 0 Å². The molecule has 0 aliphatic heterocycles. The van der Waals surface area contributed by atoms with Crippen LogP contribution in [0.3, 0.4) is 0 Å². The van der Waals surface area contributed by atoms with Crippen molar-refractivity contribution in [2.24, 2.45) is 0 Å². The number of unbranched alkanes of at least 4 members (excludes halogenated alkanes) is 5. The fourth-order valence-corrected chi connectivity index (χ4v) is 2.98. The first-order valence-corrected chi connectivity index (χ1v) is 9.49. The summed E-state index contributed by atoms with van der Waals surface area (Å²) in [5.41, 5.74) is 1.90. The van der Waals surface area contributed by atoms with Crippen LogP contribution in [0.1, 0.15) is 58.8 Å².